The number of carbonyl (C=O) groups excluding carboxylic acids is 1. The molecular weight excluding hydrogens is 364 g/mol. The molecule has 1 aliphatic carbocycles. The molecule has 1 N–H and O–H groups in total. The van der Waals surface area contributed by atoms with Gasteiger partial charge in [0, 0.05) is 21.7 Å². The minimum Gasteiger partial charge on any atom is -0.358 e. The van der Waals surface area contributed by atoms with Crippen molar-refractivity contribution in [3.8, 4) is 0 Å². The minimum absolute atomic E-state index is 0.0253. The number of hydrogen-bond acceptors (Lipinski definition) is 3. The Balaban J connectivity index is 1.60. The van der Waals surface area contributed by atoms with Gasteiger partial charge in [-0.1, -0.05) is 75.2 Å². The van der Waals surface area contributed by atoms with Crippen LogP contribution < -0.4 is 10.2 Å². The number of hydrogen-bond donors (Lipinski definition) is 1. The summed E-state index contributed by atoms with van der Waals surface area (Å²) in [5, 5.41) is 3.66. The van der Waals surface area contributed by atoms with Crippen LogP contribution >= 0.6 is 11.8 Å². The van der Waals surface area contributed by atoms with Crippen LogP contribution in [0.4, 0.5) is 11.4 Å². The molecule has 2 aromatic rings. The van der Waals surface area contributed by atoms with Gasteiger partial charge in [-0.2, -0.15) is 0 Å². The summed E-state index contributed by atoms with van der Waals surface area (Å²) in [6.07, 6.45) is 7.07. The predicted molar refractivity (Wildman–Crippen MR) is 115 cm³/mol. The van der Waals surface area contributed by atoms with Crippen LogP contribution in [-0.2, 0) is 15.1 Å². The first-order chi connectivity index (χ1) is 13.5. The lowest BCUT2D eigenvalue weighted by Crippen LogP contribution is -2.59. The molecule has 2 aromatic carbocycles. The van der Waals surface area contributed by atoms with Crippen LogP contribution in [0.5, 0.6) is 0 Å². The van der Waals surface area contributed by atoms with Gasteiger partial charge in [0.25, 0.3) is 5.91 Å². The number of nitrogens with zero attached hydrogens (tertiary/aromatic N) is 1. The molecule has 1 saturated carbocycles. The molecule has 0 unspecified atom stereocenters. The van der Waals surface area contributed by atoms with Crippen molar-refractivity contribution in [2.45, 2.75) is 73.1 Å². The van der Waals surface area contributed by atoms with E-state index in [0.29, 0.717) is 0 Å². The lowest BCUT2D eigenvalue weighted by molar-refractivity contribution is -0.121. The van der Waals surface area contributed by atoms with Crippen LogP contribution in [0.2, 0.25) is 0 Å². The number of benzene rings is 2. The molecule has 3 heterocycles. The second-order valence-corrected chi connectivity index (χ2v) is 10.8. The van der Waals surface area contributed by atoms with Gasteiger partial charge in [-0.3, -0.25) is 4.79 Å². The molecule has 0 saturated heterocycles. The van der Waals surface area contributed by atoms with E-state index in [2.05, 4.69) is 60.5 Å². The van der Waals surface area contributed by atoms with E-state index >= 15 is 0 Å². The highest BCUT2D eigenvalue weighted by atomic mass is 32.2. The number of rotatable bonds is 0. The first-order valence-corrected chi connectivity index (χ1v) is 11.3. The van der Waals surface area contributed by atoms with E-state index in [1.54, 1.807) is 11.8 Å². The summed E-state index contributed by atoms with van der Waals surface area (Å²) in [4.78, 5) is 16.9. The van der Waals surface area contributed by atoms with Gasteiger partial charge in [0.05, 0.1) is 5.69 Å². The fourth-order valence-electron chi connectivity index (χ4n) is 6.31. The Morgan fingerprint density at radius 2 is 1.71 bits per heavy atom. The standard InChI is InChI=1S/C24H26N2OS/c1-22(2)15-23(13-6-3-7-14-23)26-20-16(22)9-8-10-17(20)24(21(26)27)25-18-11-4-5-12-19(18)28-24/h4-5,8-12,25H,3,6-7,13-15H2,1-2H3/t24-/m1/s1. The van der Waals surface area contributed by atoms with E-state index in [0.717, 1.165) is 30.5 Å². The van der Waals surface area contributed by atoms with Crippen LogP contribution in [0.1, 0.15) is 63.5 Å². The topological polar surface area (TPSA) is 32.3 Å². The maximum Gasteiger partial charge on any atom is 0.268 e. The second-order valence-electron chi connectivity index (χ2n) is 9.59. The largest absolute Gasteiger partial charge is 0.358 e. The molecule has 28 heavy (non-hydrogen) atoms. The lowest BCUT2D eigenvalue weighted by atomic mass is 9.64. The zero-order valence-electron chi connectivity index (χ0n) is 16.5. The van der Waals surface area contributed by atoms with Gasteiger partial charge >= 0.3 is 0 Å². The number of fused-ring (bicyclic) bond motifs is 3. The number of nitrogens with one attached hydrogen (secondary N) is 1. The molecule has 0 radical (unpaired) electrons. The first kappa shape index (κ1) is 17.0. The highest BCUT2D eigenvalue weighted by Gasteiger charge is 2.63. The van der Waals surface area contributed by atoms with Crippen molar-refractivity contribution in [3.05, 3.63) is 53.6 Å². The SMILES string of the molecule is CC1(C)CC2(CCCCC2)N2C(=O)[C@@]3(Nc4ccccc4S3)c3cccc1c32. The van der Waals surface area contributed by atoms with Crippen LogP contribution in [0.15, 0.2) is 47.4 Å². The fourth-order valence-corrected chi connectivity index (χ4v) is 7.63. The van der Waals surface area contributed by atoms with Gasteiger partial charge in [-0.05, 0) is 42.4 Å². The van der Waals surface area contributed by atoms with Crippen molar-refractivity contribution in [3.63, 3.8) is 0 Å². The number of anilines is 2. The third-order valence-electron chi connectivity index (χ3n) is 7.36. The van der Waals surface area contributed by atoms with E-state index in [-0.39, 0.29) is 16.9 Å². The van der Waals surface area contributed by atoms with Gasteiger partial charge in [0.2, 0.25) is 0 Å². The number of carbonyl (C=O) groups is 1. The van der Waals surface area contributed by atoms with Crippen molar-refractivity contribution < 1.29 is 4.79 Å². The molecule has 1 atom stereocenters. The van der Waals surface area contributed by atoms with Crippen molar-refractivity contribution in [1.29, 1.82) is 0 Å². The Bertz CT molecular complexity index is 980. The summed E-state index contributed by atoms with van der Waals surface area (Å²) in [5.41, 5.74) is 4.84. The Labute approximate surface area is 170 Å². The summed E-state index contributed by atoms with van der Waals surface area (Å²) < 4.78 is 0. The highest BCUT2D eigenvalue weighted by Crippen LogP contribution is 2.64. The average Bonchev–Trinajstić information content (AvgIpc) is 3.18. The van der Waals surface area contributed by atoms with Gasteiger partial charge in [-0.25, -0.2) is 0 Å². The predicted octanol–water partition coefficient (Wildman–Crippen LogP) is 5.79. The summed E-state index contributed by atoms with van der Waals surface area (Å²) in [6, 6.07) is 14.9. The molecule has 4 aliphatic rings. The van der Waals surface area contributed by atoms with E-state index in [1.807, 2.05) is 6.07 Å². The Morgan fingerprint density at radius 1 is 0.964 bits per heavy atom. The summed E-state index contributed by atoms with van der Waals surface area (Å²) in [5.74, 6) is 0.244. The second kappa shape index (κ2) is 5.35. The number of para-hydroxylation sites is 2. The van der Waals surface area contributed by atoms with Crippen LogP contribution in [-0.4, -0.2) is 11.4 Å². The molecule has 1 amide bonds. The summed E-state index contributed by atoms with van der Waals surface area (Å²) in [6.45, 7) is 4.74. The fraction of sp³-hybridized carbons (Fsp3) is 0.458. The Kier molecular flexibility index (Phi) is 3.24. The monoisotopic (exact) mass is 390 g/mol. The van der Waals surface area contributed by atoms with Crippen LogP contribution in [0.25, 0.3) is 0 Å². The average molecular weight is 391 g/mol. The normalized spacial score (nSPS) is 28.4. The zero-order valence-corrected chi connectivity index (χ0v) is 17.4. The summed E-state index contributed by atoms with van der Waals surface area (Å²) >= 11 is 1.70. The van der Waals surface area contributed by atoms with Gasteiger partial charge in [0.1, 0.15) is 0 Å². The van der Waals surface area contributed by atoms with Crippen molar-refractivity contribution in [2.75, 3.05) is 10.2 Å². The van der Waals surface area contributed by atoms with Crippen molar-refractivity contribution in [2.24, 2.45) is 0 Å². The highest BCUT2D eigenvalue weighted by molar-refractivity contribution is 8.01. The molecule has 3 nitrogen and oxygen atoms in total. The first-order valence-electron chi connectivity index (χ1n) is 10.5. The van der Waals surface area contributed by atoms with E-state index in [4.69, 9.17) is 0 Å². The van der Waals surface area contributed by atoms with Crippen LogP contribution in [0, 0.1) is 0 Å². The molecule has 4 heteroatoms. The molecular formula is C24H26N2OS. The third-order valence-corrected chi connectivity index (χ3v) is 8.74. The molecule has 2 spiro atoms. The van der Waals surface area contributed by atoms with Crippen molar-refractivity contribution >= 4 is 29.0 Å². The number of thioether (sulfide) groups is 1. The molecule has 1 fully saturated rings. The molecule has 3 aliphatic heterocycles. The number of amides is 1. The minimum atomic E-state index is -0.708. The lowest BCUT2D eigenvalue weighted by Gasteiger charge is -2.53. The maximum absolute atomic E-state index is 14.2. The quantitative estimate of drug-likeness (QED) is 0.618. The van der Waals surface area contributed by atoms with Gasteiger partial charge in [0.15, 0.2) is 4.87 Å². The molecule has 0 bridgehead atoms. The van der Waals surface area contributed by atoms with Gasteiger partial charge < -0.3 is 10.2 Å². The van der Waals surface area contributed by atoms with Crippen molar-refractivity contribution in [1.82, 2.24) is 0 Å². The molecule has 144 valence electrons. The zero-order chi connectivity index (χ0) is 19.1. The Hall–Kier alpha value is -1.94. The van der Waals surface area contributed by atoms with E-state index in [9.17, 15) is 4.79 Å². The van der Waals surface area contributed by atoms with Crippen LogP contribution in [0.3, 0.4) is 0 Å². The summed E-state index contributed by atoms with van der Waals surface area (Å²) in [7, 11) is 0. The van der Waals surface area contributed by atoms with Gasteiger partial charge in [-0.15, -0.1) is 0 Å². The Morgan fingerprint density at radius 3 is 2.50 bits per heavy atom. The van der Waals surface area contributed by atoms with E-state index in [1.165, 1.54) is 35.4 Å². The van der Waals surface area contributed by atoms with E-state index < -0.39 is 4.87 Å². The molecule has 6 rings (SSSR count). The third kappa shape index (κ3) is 1.95. The molecule has 0 aromatic heterocycles. The smallest absolute Gasteiger partial charge is 0.268 e. The maximum atomic E-state index is 14.2.